The molecule has 0 bridgehead atoms. The summed E-state index contributed by atoms with van der Waals surface area (Å²) < 4.78 is 5.42. The van der Waals surface area contributed by atoms with Gasteiger partial charge in [-0.2, -0.15) is 5.10 Å². The number of carbonyl (C=O) groups is 1. The van der Waals surface area contributed by atoms with Gasteiger partial charge in [0.15, 0.2) is 5.17 Å². The van der Waals surface area contributed by atoms with Crippen molar-refractivity contribution < 1.29 is 14.5 Å². The summed E-state index contributed by atoms with van der Waals surface area (Å²) in [5, 5.41) is 19.4. The van der Waals surface area contributed by atoms with Gasteiger partial charge in [0.2, 0.25) is 5.91 Å². The molecule has 0 spiro atoms. The van der Waals surface area contributed by atoms with Crippen LogP contribution in [0.25, 0.3) is 0 Å². The van der Waals surface area contributed by atoms with Crippen molar-refractivity contribution in [2.24, 2.45) is 10.2 Å². The zero-order valence-corrected chi connectivity index (χ0v) is 16.0. The van der Waals surface area contributed by atoms with Crippen molar-refractivity contribution in [1.29, 1.82) is 0 Å². The highest BCUT2D eigenvalue weighted by Crippen LogP contribution is 2.23. The predicted octanol–water partition coefficient (Wildman–Crippen LogP) is 3.46. The summed E-state index contributed by atoms with van der Waals surface area (Å²) in [6, 6.07) is 13.6. The second kappa shape index (κ2) is 9.14. The Balaban J connectivity index is 1.67. The minimum absolute atomic E-state index is 0.0157. The highest BCUT2D eigenvalue weighted by atomic mass is 32.2. The first-order valence-electron chi connectivity index (χ1n) is 8.57. The number of nitrogens with zero attached hydrogens (tertiary/aromatic N) is 4. The molecule has 1 aliphatic rings. The average molecular weight is 398 g/mol. The zero-order chi connectivity index (χ0) is 19.9. The van der Waals surface area contributed by atoms with E-state index >= 15 is 0 Å². The lowest BCUT2D eigenvalue weighted by Crippen LogP contribution is -2.28. The summed E-state index contributed by atoms with van der Waals surface area (Å²) in [6.45, 7) is 2.93. The summed E-state index contributed by atoms with van der Waals surface area (Å²) in [7, 11) is 0. The monoisotopic (exact) mass is 398 g/mol. The molecule has 1 heterocycles. The van der Waals surface area contributed by atoms with Crippen LogP contribution >= 0.6 is 11.8 Å². The number of hydrogen-bond donors (Lipinski definition) is 0. The number of nitro groups is 1. The van der Waals surface area contributed by atoms with Crippen molar-refractivity contribution in [1.82, 2.24) is 4.90 Å². The maximum atomic E-state index is 12.2. The molecule has 3 rings (SSSR count). The van der Waals surface area contributed by atoms with Crippen LogP contribution < -0.4 is 4.74 Å². The fourth-order valence-corrected chi connectivity index (χ4v) is 3.33. The largest absolute Gasteiger partial charge is 0.494 e. The van der Waals surface area contributed by atoms with Crippen LogP contribution in [0, 0.1) is 10.1 Å². The van der Waals surface area contributed by atoms with Gasteiger partial charge < -0.3 is 4.74 Å². The molecule has 0 radical (unpaired) electrons. The van der Waals surface area contributed by atoms with Crippen LogP contribution in [0.1, 0.15) is 18.1 Å². The highest BCUT2D eigenvalue weighted by molar-refractivity contribution is 8.15. The second-order valence-corrected chi connectivity index (χ2v) is 6.76. The first kappa shape index (κ1) is 19.6. The molecule has 1 fully saturated rings. The topological polar surface area (TPSA) is 97.4 Å². The van der Waals surface area contributed by atoms with Gasteiger partial charge in [-0.05, 0) is 42.3 Å². The summed E-state index contributed by atoms with van der Waals surface area (Å²) >= 11 is 1.33. The molecule has 9 heteroatoms. The van der Waals surface area contributed by atoms with Crippen LogP contribution in [-0.2, 0) is 11.3 Å². The Hall–Kier alpha value is -3.20. The summed E-state index contributed by atoms with van der Waals surface area (Å²) in [6.07, 6.45) is 1.50. The zero-order valence-electron chi connectivity index (χ0n) is 15.1. The predicted molar refractivity (Wildman–Crippen MR) is 109 cm³/mol. The molecule has 0 N–H and O–H groups in total. The molecule has 28 heavy (non-hydrogen) atoms. The van der Waals surface area contributed by atoms with Gasteiger partial charge in [0.05, 0.1) is 30.0 Å². The fraction of sp³-hybridized carbons (Fsp3) is 0.211. The smallest absolute Gasteiger partial charge is 0.269 e. The normalized spacial score (nSPS) is 15.5. The van der Waals surface area contributed by atoms with Gasteiger partial charge in [-0.15, -0.1) is 5.10 Å². The second-order valence-electron chi connectivity index (χ2n) is 5.82. The summed E-state index contributed by atoms with van der Waals surface area (Å²) in [5.41, 5.74) is 1.66. The van der Waals surface area contributed by atoms with E-state index in [-0.39, 0.29) is 11.6 Å². The number of thioether (sulfide) groups is 1. The van der Waals surface area contributed by atoms with Gasteiger partial charge in [-0.1, -0.05) is 23.9 Å². The SMILES string of the molecule is CCOc1ccc(CN2C(=O)CS/C2=N\N=C\c2ccc([N+](=O)[O-])cc2)cc1. The summed E-state index contributed by atoms with van der Waals surface area (Å²) in [4.78, 5) is 24.0. The number of non-ortho nitro benzene ring substituents is 1. The molecule has 2 aromatic carbocycles. The van der Waals surface area contributed by atoms with E-state index < -0.39 is 4.92 Å². The van der Waals surface area contributed by atoms with E-state index in [2.05, 4.69) is 10.2 Å². The van der Waals surface area contributed by atoms with Crippen LogP contribution in [0.5, 0.6) is 5.75 Å². The fourth-order valence-electron chi connectivity index (χ4n) is 2.49. The van der Waals surface area contributed by atoms with Gasteiger partial charge >= 0.3 is 0 Å². The van der Waals surface area contributed by atoms with E-state index in [0.29, 0.717) is 29.6 Å². The van der Waals surface area contributed by atoms with Crippen LogP contribution in [-0.4, -0.2) is 39.5 Å². The third kappa shape index (κ3) is 4.95. The van der Waals surface area contributed by atoms with Crippen molar-refractivity contribution in [2.75, 3.05) is 12.4 Å². The Morgan fingerprint density at radius 3 is 2.57 bits per heavy atom. The molecule has 8 nitrogen and oxygen atoms in total. The molecule has 1 saturated heterocycles. The Bertz CT molecular complexity index is 911. The van der Waals surface area contributed by atoms with Gasteiger partial charge in [0.1, 0.15) is 5.75 Å². The van der Waals surface area contributed by atoms with E-state index in [1.54, 1.807) is 17.0 Å². The molecule has 0 aromatic heterocycles. The Morgan fingerprint density at radius 1 is 1.21 bits per heavy atom. The first-order valence-corrected chi connectivity index (χ1v) is 9.55. The van der Waals surface area contributed by atoms with Crippen LogP contribution in [0.3, 0.4) is 0 Å². The van der Waals surface area contributed by atoms with Crippen molar-refractivity contribution in [3.05, 3.63) is 69.8 Å². The van der Waals surface area contributed by atoms with Gasteiger partial charge in [-0.3, -0.25) is 19.8 Å². The number of carbonyl (C=O) groups excluding carboxylic acids is 1. The lowest BCUT2D eigenvalue weighted by molar-refractivity contribution is -0.384. The quantitative estimate of drug-likeness (QED) is 0.404. The van der Waals surface area contributed by atoms with E-state index in [4.69, 9.17) is 4.74 Å². The molecule has 0 unspecified atom stereocenters. The molecule has 144 valence electrons. The average Bonchev–Trinajstić information content (AvgIpc) is 3.04. The van der Waals surface area contributed by atoms with Gasteiger partial charge in [0, 0.05) is 12.1 Å². The lowest BCUT2D eigenvalue weighted by atomic mass is 10.2. The first-order chi connectivity index (χ1) is 13.6. The molecule has 0 saturated carbocycles. The van der Waals surface area contributed by atoms with Crippen molar-refractivity contribution >= 4 is 34.7 Å². The van der Waals surface area contributed by atoms with Gasteiger partial charge in [0.25, 0.3) is 5.69 Å². The lowest BCUT2D eigenvalue weighted by Gasteiger charge is -2.15. The molecule has 0 aliphatic carbocycles. The Morgan fingerprint density at radius 2 is 1.93 bits per heavy atom. The number of benzene rings is 2. The van der Waals surface area contributed by atoms with Crippen LogP contribution in [0.4, 0.5) is 5.69 Å². The number of hydrogen-bond acceptors (Lipinski definition) is 7. The number of nitro benzene ring substituents is 1. The molecule has 1 amide bonds. The number of amides is 1. The Labute approximate surface area is 166 Å². The number of ether oxygens (including phenoxy) is 1. The highest BCUT2D eigenvalue weighted by Gasteiger charge is 2.28. The van der Waals surface area contributed by atoms with E-state index in [1.807, 2.05) is 31.2 Å². The standard InChI is InChI=1S/C19H18N4O4S/c1-2-27-17-9-5-15(6-10-17)12-22-18(24)13-28-19(22)21-20-11-14-3-7-16(8-4-14)23(25)26/h3-11H,2,12-13H2,1H3/b20-11+,21-19-. The van der Waals surface area contributed by atoms with Crippen molar-refractivity contribution in [2.45, 2.75) is 13.5 Å². The third-order valence-corrected chi connectivity index (χ3v) is 4.84. The Kier molecular flexibility index (Phi) is 6.38. The molecule has 0 atom stereocenters. The summed E-state index contributed by atoms with van der Waals surface area (Å²) in [5.74, 6) is 1.08. The third-order valence-electron chi connectivity index (χ3n) is 3.89. The molecule has 1 aliphatic heterocycles. The van der Waals surface area contributed by atoms with Crippen LogP contribution in [0.2, 0.25) is 0 Å². The minimum atomic E-state index is -0.458. The van der Waals surface area contributed by atoms with E-state index in [1.165, 1.54) is 30.1 Å². The van der Waals surface area contributed by atoms with Crippen molar-refractivity contribution in [3.8, 4) is 5.75 Å². The number of amidine groups is 1. The van der Waals surface area contributed by atoms with Crippen molar-refractivity contribution in [3.63, 3.8) is 0 Å². The van der Waals surface area contributed by atoms with Gasteiger partial charge in [-0.25, -0.2) is 0 Å². The molecule has 2 aromatic rings. The maximum absolute atomic E-state index is 12.2. The minimum Gasteiger partial charge on any atom is -0.494 e. The molecular formula is C19H18N4O4S. The van der Waals surface area contributed by atoms with E-state index in [9.17, 15) is 14.9 Å². The number of rotatable bonds is 7. The molecular weight excluding hydrogens is 380 g/mol. The van der Waals surface area contributed by atoms with Crippen LogP contribution in [0.15, 0.2) is 58.7 Å². The van der Waals surface area contributed by atoms with E-state index in [0.717, 1.165) is 11.3 Å². The maximum Gasteiger partial charge on any atom is 0.269 e.